The minimum atomic E-state index is -1.25. The highest BCUT2D eigenvalue weighted by Gasteiger charge is 2.33. The molecule has 0 saturated heterocycles. The Labute approximate surface area is 273 Å². The first-order valence-electron chi connectivity index (χ1n) is 15.7. The molecule has 3 rings (SSSR count). The van der Waals surface area contributed by atoms with Gasteiger partial charge >= 0.3 is 24.0 Å². The van der Waals surface area contributed by atoms with Crippen LogP contribution in [0.25, 0.3) is 11.1 Å². The molecule has 12 nitrogen and oxygen atoms in total. The molecule has 0 saturated carbocycles. The molecule has 0 radical (unpaired) electrons. The minimum Gasteiger partial charge on any atom is -0.481 e. The number of benzene rings is 2. The lowest BCUT2D eigenvalue weighted by Gasteiger charge is -2.26. The van der Waals surface area contributed by atoms with E-state index in [0.717, 1.165) is 28.3 Å². The number of aliphatic carboxylic acids is 2. The molecular formula is C35H42N2O10. The molecule has 0 aromatic heterocycles. The maximum atomic E-state index is 13.6. The maximum absolute atomic E-state index is 13.6. The summed E-state index contributed by atoms with van der Waals surface area (Å²) < 4.78 is 10.4. The van der Waals surface area contributed by atoms with Crippen molar-refractivity contribution in [2.75, 3.05) is 13.2 Å². The second kappa shape index (κ2) is 17.6. The van der Waals surface area contributed by atoms with Crippen molar-refractivity contribution in [2.45, 2.75) is 70.9 Å². The van der Waals surface area contributed by atoms with Gasteiger partial charge in [-0.15, -0.1) is 0 Å². The third-order valence-electron chi connectivity index (χ3n) is 8.23. The summed E-state index contributed by atoms with van der Waals surface area (Å²) in [5.41, 5.74) is 4.09. The Bertz CT molecular complexity index is 1440. The lowest BCUT2D eigenvalue weighted by molar-refractivity contribution is -0.139. The molecule has 2 amide bonds. The number of Topliss-reactive ketones (excluding diaryl/α,β-unsaturated/α-hetero) is 1. The third-order valence-corrected chi connectivity index (χ3v) is 8.23. The number of carbonyl (C=O) groups is 6. The van der Waals surface area contributed by atoms with Crippen molar-refractivity contribution in [3.63, 3.8) is 0 Å². The van der Waals surface area contributed by atoms with Crippen molar-refractivity contribution in [1.82, 2.24) is 10.6 Å². The number of alkyl carbamates (subject to hydrolysis) is 1. The topological polar surface area (TPSA) is 185 Å². The Kier molecular flexibility index (Phi) is 13.7. The van der Waals surface area contributed by atoms with Crippen molar-refractivity contribution in [3.05, 3.63) is 71.8 Å². The average Bonchev–Trinajstić information content (AvgIpc) is 3.36. The smallest absolute Gasteiger partial charge is 0.407 e. The summed E-state index contributed by atoms with van der Waals surface area (Å²) in [7, 11) is 0. The van der Waals surface area contributed by atoms with E-state index in [1.807, 2.05) is 55.5 Å². The Morgan fingerprint density at radius 1 is 0.851 bits per heavy atom. The minimum absolute atomic E-state index is 0.0120. The number of amides is 2. The quantitative estimate of drug-likeness (QED) is 0.133. The highest BCUT2D eigenvalue weighted by atomic mass is 16.5. The average molecular weight is 651 g/mol. The van der Waals surface area contributed by atoms with Gasteiger partial charge in [0.15, 0.2) is 5.78 Å². The molecule has 4 N–H and O–H groups in total. The molecule has 2 aromatic rings. The summed E-state index contributed by atoms with van der Waals surface area (Å²) in [4.78, 5) is 74.5. The standard InChI is InChI=1S/C35H42N2O10/c1-4-21(3)27(34(44)36-22(18-32(41)42)14-17-33(43)46-5-2)19-30(38)29(15-16-31(39)40)37-35(45)47-20-28-25-12-8-6-10-23(25)24-11-7-9-13-26(24)28/h6-14,17,21-22,27-29H,4-5,15-16,18-20H2,1-3H3,(H,36,44)(H,37,45)(H,39,40)(H,41,42)/b17-14+/t21?,22-,27-,29+/m1/s1. The number of nitrogens with one attached hydrogen (secondary N) is 2. The van der Waals surface area contributed by atoms with Crippen LogP contribution in [-0.2, 0) is 33.4 Å². The van der Waals surface area contributed by atoms with E-state index in [0.29, 0.717) is 6.42 Å². The van der Waals surface area contributed by atoms with Gasteiger partial charge in [0.1, 0.15) is 6.61 Å². The van der Waals surface area contributed by atoms with Crippen LogP contribution in [0.5, 0.6) is 0 Å². The van der Waals surface area contributed by atoms with Crippen LogP contribution >= 0.6 is 0 Å². The van der Waals surface area contributed by atoms with Crippen LogP contribution in [0.1, 0.15) is 69.9 Å². The molecule has 0 bridgehead atoms. The molecule has 0 aliphatic heterocycles. The number of carbonyl (C=O) groups excluding carboxylic acids is 4. The van der Waals surface area contributed by atoms with E-state index < -0.39 is 66.5 Å². The first-order valence-corrected chi connectivity index (χ1v) is 15.7. The zero-order chi connectivity index (χ0) is 34.5. The molecule has 4 atom stereocenters. The van der Waals surface area contributed by atoms with Gasteiger partial charge < -0.3 is 30.3 Å². The lowest BCUT2D eigenvalue weighted by atomic mass is 9.84. The first-order chi connectivity index (χ1) is 22.4. The number of ether oxygens (including phenoxy) is 2. The molecule has 252 valence electrons. The van der Waals surface area contributed by atoms with Gasteiger partial charge in [-0.1, -0.05) is 74.9 Å². The maximum Gasteiger partial charge on any atom is 0.407 e. The molecule has 1 unspecified atom stereocenters. The number of carboxylic acids is 2. The van der Waals surface area contributed by atoms with E-state index in [2.05, 4.69) is 10.6 Å². The largest absolute Gasteiger partial charge is 0.481 e. The zero-order valence-corrected chi connectivity index (χ0v) is 26.8. The summed E-state index contributed by atoms with van der Waals surface area (Å²) in [6.07, 6.45) is 0.327. The van der Waals surface area contributed by atoms with E-state index in [1.165, 1.54) is 6.08 Å². The highest BCUT2D eigenvalue weighted by molar-refractivity contribution is 5.92. The van der Waals surface area contributed by atoms with Gasteiger partial charge in [0, 0.05) is 30.8 Å². The van der Waals surface area contributed by atoms with E-state index in [-0.39, 0.29) is 37.9 Å². The van der Waals surface area contributed by atoms with Crippen LogP contribution in [0.2, 0.25) is 0 Å². The molecule has 47 heavy (non-hydrogen) atoms. The van der Waals surface area contributed by atoms with Gasteiger partial charge in [0.05, 0.1) is 25.1 Å². The number of ketones is 1. The fourth-order valence-corrected chi connectivity index (χ4v) is 5.59. The highest BCUT2D eigenvalue weighted by Crippen LogP contribution is 2.44. The van der Waals surface area contributed by atoms with Crippen molar-refractivity contribution in [2.24, 2.45) is 11.8 Å². The SMILES string of the molecule is CCOC(=O)/C=C/[C@H](CC(=O)O)NC(=O)[C@H](CC(=O)[C@H](CCC(=O)O)NC(=O)OCC1c2ccccc2-c2ccccc21)C(C)CC. The third kappa shape index (κ3) is 10.5. The molecule has 1 aliphatic carbocycles. The summed E-state index contributed by atoms with van der Waals surface area (Å²) in [5, 5.41) is 23.7. The Morgan fingerprint density at radius 3 is 2.02 bits per heavy atom. The van der Waals surface area contributed by atoms with Gasteiger partial charge in [-0.25, -0.2) is 9.59 Å². The molecule has 1 aliphatic rings. The Hall–Kier alpha value is -5.00. The zero-order valence-electron chi connectivity index (χ0n) is 26.8. The normalized spacial score (nSPS) is 14.6. The van der Waals surface area contributed by atoms with Crippen LogP contribution in [0, 0.1) is 11.8 Å². The fourth-order valence-electron chi connectivity index (χ4n) is 5.59. The van der Waals surface area contributed by atoms with E-state index in [1.54, 1.807) is 13.8 Å². The van der Waals surface area contributed by atoms with Crippen LogP contribution in [-0.4, -0.2) is 71.2 Å². The van der Waals surface area contributed by atoms with Gasteiger partial charge in [0.2, 0.25) is 5.91 Å². The van der Waals surface area contributed by atoms with Crippen molar-refractivity contribution >= 4 is 35.7 Å². The lowest BCUT2D eigenvalue weighted by Crippen LogP contribution is -2.46. The van der Waals surface area contributed by atoms with Crippen molar-refractivity contribution in [3.8, 4) is 11.1 Å². The van der Waals surface area contributed by atoms with Crippen LogP contribution in [0.3, 0.4) is 0 Å². The predicted molar refractivity (Wildman–Crippen MR) is 171 cm³/mol. The molecule has 0 spiro atoms. The molecule has 0 heterocycles. The number of rotatable bonds is 18. The van der Waals surface area contributed by atoms with Crippen molar-refractivity contribution in [1.29, 1.82) is 0 Å². The molecule has 0 fully saturated rings. The van der Waals surface area contributed by atoms with Crippen LogP contribution in [0.4, 0.5) is 4.79 Å². The second-order valence-electron chi connectivity index (χ2n) is 11.4. The summed E-state index contributed by atoms with van der Waals surface area (Å²) in [6.45, 7) is 5.29. The van der Waals surface area contributed by atoms with Crippen molar-refractivity contribution < 1.29 is 48.5 Å². The number of carboxylic acid groups (broad SMARTS) is 2. The van der Waals surface area contributed by atoms with E-state index in [9.17, 15) is 39.0 Å². The summed E-state index contributed by atoms with van der Waals surface area (Å²) in [6, 6.07) is 13.3. The van der Waals surface area contributed by atoms with Crippen LogP contribution in [0.15, 0.2) is 60.7 Å². The molecule has 2 aromatic carbocycles. The van der Waals surface area contributed by atoms with E-state index >= 15 is 0 Å². The summed E-state index contributed by atoms with van der Waals surface area (Å²) >= 11 is 0. The molecular weight excluding hydrogens is 608 g/mol. The number of hydrogen-bond donors (Lipinski definition) is 4. The monoisotopic (exact) mass is 650 g/mol. The van der Waals surface area contributed by atoms with Crippen LogP contribution < -0.4 is 10.6 Å². The number of fused-ring (bicyclic) bond motifs is 3. The van der Waals surface area contributed by atoms with Gasteiger partial charge in [-0.2, -0.15) is 0 Å². The van der Waals surface area contributed by atoms with E-state index in [4.69, 9.17) is 9.47 Å². The van der Waals surface area contributed by atoms with Gasteiger partial charge in [0.25, 0.3) is 0 Å². The fraction of sp³-hybridized carbons (Fsp3) is 0.429. The predicted octanol–water partition coefficient (Wildman–Crippen LogP) is 4.46. The van der Waals surface area contributed by atoms with Gasteiger partial charge in [-0.05, 0) is 41.5 Å². The summed E-state index contributed by atoms with van der Waals surface area (Å²) in [5.74, 6) is -5.78. The van der Waals surface area contributed by atoms with Gasteiger partial charge in [-0.3, -0.25) is 19.2 Å². The Balaban J connectivity index is 1.72. The Morgan fingerprint density at radius 2 is 1.47 bits per heavy atom. The first kappa shape index (κ1) is 36.5. The number of hydrogen-bond acceptors (Lipinski definition) is 8. The number of esters is 1. The molecule has 12 heteroatoms. The second-order valence-corrected chi connectivity index (χ2v) is 11.4.